The quantitative estimate of drug-likeness (QED) is 0.793. The topological polar surface area (TPSA) is 24.5 Å². The predicted octanol–water partition coefficient (Wildman–Crippen LogP) is 2.66. The van der Waals surface area contributed by atoms with Crippen LogP contribution in [0.3, 0.4) is 0 Å². The van der Waals surface area contributed by atoms with Gasteiger partial charge in [-0.15, -0.1) is 0 Å². The summed E-state index contributed by atoms with van der Waals surface area (Å²) in [6, 6.07) is 0.615. The number of hydrogen-bond donors (Lipinski definition) is 1. The van der Waals surface area contributed by atoms with Gasteiger partial charge in [-0.2, -0.15) is 0 Å². The van der Waals surface area contributed by atoms with Crippen molar-refractivity contribution in [2.45, 2.75) is 62.9 Å². The molecule has 112 valence electrons. The lowest BCUT2D eigenvalue weighted by Gasteiger charge is -2.49. The van der Waals surface area contributed by atoms with E-state index in [2.05, 4.69) is 31.4 Å². The van der Waals surface area contributed by atoms with Crippen molar-refractivity contribution in [3.05, 3.63) is 0 Å². The van der Waals surface area contributed by atoms with Crippen molar-refractivity contribution in [1.82, 2.24) is 10.2 Å². The largest absolute Gasteiger partial charge is 0.381 e. The van der Waals surface area contributed by atoms with Crippen molar-refractivity contribution in [2.24, 2.45) is 5.92 Å². The molecule has 0 aromatic carbocycles. The summed E-state index contributed by atoms with van der Waals surface area (Å²) in [7, 11) is 6.74. The van der Waals surface area contributed by atoms with Crippen LogP contribution in [0.1, 0.15) is 51.4 Å². The van der Waals surface area contributed by atoms with E-state index in [1.165, 1.54) is 51.4 Å². The minimum absolute atomic E-state index is 0.354. The maximum atomic E-state index is 5.56. The first-order chi connectivity index (χ1) is 9.20. The lowest BCUT2D eigenvalue weighted by molar-refractivity contribution is 0.00327. The Morgan fingerprint density at radius 1 is 1.05 bits per heavy atom. The molecule has 0 spiro atoms. The molecule has 0 amide bonds. The van der Waals surface area contributed by atoms with E-state index in [4.69, 9.17) is 4.74 Å². The molecule has 2 rings (SSSR count). The molecule has 1 aliphatic carbocycles. The summed E-state index contributed by atoms with van der Waals surface area (Å²) in [5.41, 5.74) is 0.354. The Morgan fingerprint density at radius 2 is 1.63 bits per heavy atom. The molecule has 3 nitrogen and oxygen atoms in total. The Labute approximate surface area is 119 Å². The van der Waals surface area contributed by atoms with Crippen LogP contribution in [0.5, 0.6) is 0 Å². The van der Waals surface area contributed by atoms with Crippen molar-refractivity contribution < 1.29 is 4.74 Å². The van der Waals surface area contributed by atoms with Crippen LogP contribution in [0.4, 0.5) is 0 Å². The zero-order chi connectivity index (χ0) is 13.7. The van der Waals surface area contributed by atoms with Gasteiger partial charge in [0, 0.05) is 24.8 Å². The van der Waals surface area contributed by atoms with E-state index < -0.39 is 0 Å². The smallest absolute Gasteiger partial charge is 0.0469 e. The third kappa shape index (κ3) is 3.32. The van der Waals surface area contributed by atoms with Crippen molar-refractivity contribution in [3.63, 3.8) is 0 Å². The van der Waals surface area contributed by atoms with Gasteiger partial charge in [-0.3, -0.25) is 0 Å². The van der Waals surface area contributed by atoms with Crippen LogP contribution in [0.15, 0.2) is 0 Å². The molecule has 0 bridgehead atoms. The highest BCUT2D eigenvalue weighted by Crippen LogP contribution is 2.38. The number of hydrogen-bond acceptors (Lipinski definition) is 3. The second-order valence-corrected chi connectivity index (χ2v) is 6.63. The Balaban J connectivity index is 2.18. The fourth-order valence-corrected chi connectivity index (χ4v) is 4.37. The SMILES string of the molecule is CNC(C1CCOCC1)C1(N(C)C)CCCCCC1. The maximum absolute atomic E-state index is 5.56. The van der Waals surface area contributed by atoms with Gasteiger partial charge in [0.15, 0.2) is 0 Å². The second kappa shape index (κ2) is 7.05. The minimum Gasteiger partial charge on any atom is -0.381 e. The Bertz CT molecular complexity index is 253. The molecule has 1 atom stereocenters. The molecule has 19 heavy (non-hydrogen) atoms. The molecular formula is C16H32N2O. The highest BCUT2D eigenvalue weighted by molar-refractivity contribution is 5.02. The molecule has 1 saturated heterocycles. The monoisotopic (exact) mass is 268 g/mol. The first kappa shape index (κ1) is 15.3. The third-order valence-corrected chi connectivity index (χ3v) is 5.49. The summed E-state index contributed by atoms with van der Waals surface area (Å²) in [5, 5.41) is 3.69. The molecule has 2 aliphatic rings. The summed E-state index contributed by atoms with van der Waals surface area (Å²) in [5.74, 6) is 0.777. The van der Waals surface area contributed by atoms with Gasteiger partial charge in [0.25, 0.3) is 0 Å². The van der Waals surface area contributed by atoms with Crippen molar-refractivity contribution in [2.75, 3.05) is 34.4 Å². The van der Waals surface area contributed by atoms with Crippen molar-refractivity contribution in [3.8, 4) is 0 Å². The van der Waals surface area contributed by atoms with Crippen LogP contribution in [-0.4, -0.2) is 50.8 Å². The molecule has 1 N–H and O–H groups in total. The molecule has 2 fully saturated rings. The van der Waals surface area contributed by atoms with E-state index in [9.17, 15) is 0 Å². The van der Waals surface area contributed by atoms with Gasteiger partial charge in [-0.25, -0.2) is 0 Å². The first-order valence-electron chi connectivity index (χ1n) is 8.13. The molecule has 1 saturated carbocycles. The molecule has 1 heterocycles. The van der Waals surface area contributed by atoms with E-state index in [0.717, 1.165) is 19.1 Å². The molecule has 3 heteroatoms. The fraction of sp³-hybridized carbons (Fsp3) is 1.00. The number of nitrogens with one attached hydrogen (secondary N) is 1. The molecule has 0 aromatic rings. The van der Waals surface area contributed by atoms with Gasteiger partial charge < -0.3 is 15.0 Å². The van der Waals surface area contributed by atoms with Gasteiger partial charge in [0.05, 0.1) is 0 Å². The summed E-state index contributed by atoms with van der Waals surface area (Å²) >= 11 is 0. The highest BCUT2D eigenvalue weighted by Gasteiger charge is 2.43. The lowest BCUT2D eigenvalue weighted by atomic mass is 9.73. The van der Waals surface area contributed by atoms with Crippen LogP contribution < -0.4 is 5.32 Å². The zero-order valence-electron chi connectivity index (χ0n) is 13.1. The van der Waals surface area contributed by atoms with Crippen LogP contribution in [0.25, 0.3) is 0 Å². The van der Waals surface area contributed by atoms with Crippen LogP contribution >= 0.6 is 0 Å². The lowest BCUT2D eigenvalue weighted by Crippen LogP contribution is -2.61. The molecule has 0 radical (unpaired) electrons. The number of likely N-dealkylation sites (N-methyl/N-ethyl adjacent to an activating group) is 2. The van der Waals surface area contributed by atoms with E-state index in [0.29, 0.717) is 11.6 Å². The van der Waals surface area contributed by atoms with Gasteiger partial charge in [0.2, 0.25) is 0 Å². The Kier molecular flexibility index (Phi) is 5.67. The predicted molar refractivity (Wildman–Crippen MR) is 80.5 cm³/mol. The van der Waals surface area contributed by atoms with Crippen LogP contribution in [-0.2, 0) is 4.74 Å². The average molecular weight is 268 g/mol. The molecule has 1 aliphatic heterocycles. The second-order valence-electron chi connectivity index (χ2n) is 6.63. The van der Waals surface area contributed by atoms with Gasteiger partial charge >= 0.3 is 0 Å². The van der Waals surface area contributed by atoms with Crippen LogP contribution in [0.2, 0.25) is 0 Å². The van der Waals surface area contributed by atoms with Crippen LogP contribution in [0, 0.1) is 5.92 Å². The average Bonchev–Trinajstić information content (AvgIpc) is 2.68. The Hall–Kier alpha value is -0.120. The standard InChI is InChI=1S/C16H32N2O/c1-17-15(14-8-12-19-13-9-14)16(18(2)3)10-6-4-5-7-11-16/h14-15,17H,4-13H2,1-3H3. The third-order valence-electron chi connectivity index (χ3n) is 5.49. The first-order valence-corrected chi connectivity index (χ1v) is 8.13. The molecule has 1 unspecified atom stereocenters. The van der Waals surface area contributed by atoms with Gasteiger partial charge in [-0.1, -0.05) is 25.7 Å². The molecule has 0 aromatic heterocycles. The van der Waals surface area contributed by atoms with Gasteiger partial charge in [-0.05, 0) is 52.7 Å². The molecular weight excluding hydrogens is 236 g/mol. The zero-order valence-corrected chi connectivity index (χ0v) is 13.1. The summed E-state index contributed by atoms with van der Waals surface area (Å²) in [6.45, 7) is 1.90. The maximum Gasteiger partial charge on any atom is 0.0469 e. The number of nitrogens with zero attached hydrogens (tertiary/aromatic N) is 1. The van der Waals surface area contributed by atoms with E-state index >= 15 is 0 Å². The van der Waals surface area contributed by atoms with Crippen molar-refractivity contribution >= 4 is 0 Å². The summed E-state index contributed by atoms with van der Waals surface area (Å²) < 4.78 is 5.56. The Morgan fingerprint density at radius 3 is 2.11 bits per heavy atom. The normalized spacial score (nSPS) is 27.2. The summed E-state index contributed by atoms with van der Waals surface area (Å²) in [4.78, 5) is 2.52. The number of rotatable bonds is 4. The highest BCUT2D eigenvalue weighted by atomic mass is 16.5. The van der Waals surface area contributed by atoms with E-state index in [1.54, 1.807) is 0 Å². The minimum atomic E-state index is 0.354. The van der Waals surface area contributed by atoms with E-state index in [1.807, 2.05) is 0 Å². The summed E-state index contributed by atoms with van der Waals surface area (Å²) in [6.07, 6.45) is 10.8. The fourth-order valence-electron chi connectivity index (χ4n) is 4.37. The van der Waals surface area contributed by atoms with Gasteiger partial charge in [0.1, 0.15) is 0 Å². The van der Waals surface area contributed by atoms with E-state index in [-0.39, 0.29) is 0 Å². The van der Waals surface area contributed by atoms with Crippen molar-refractivity contribution in [1.29, 1.82) is 0 Å². The number of ether oxygens (including phenoxy) is 1.